The zero-order valence-corrected chi connectivity index (χ0v) is 11.7. The summed E-state index contributed by atoms with van der Waals surface area (Å²) in [7, 11) is 0. The second-order valence-corrected chi connectivity index (χ2v) is 6.49. The second-order valence-electron chi connectivity index (χ2n) is 6.49. The highest BCUT2D eigenvalue weighted by Crippen LogP contribution is 2.41. The molecule has 0 aromatic rings. The summed E-state index contributed by atoms with van der Waals surface area (Å²) in [6.45, 7) is 8.52. The fourth-order valence-electron chi connectivity index (χ4n) is 2.78. The standard InChI is InChI=1S/C17H22O/c1-16(2)11-7-5-9-13(16)15(18)14-10-6-8-12-17(14,3)4/h5-14H,1-4H3. The van der Waals surface area contributed by atoms with E-state index in [1.165, 1.54) is 0 Å². The number of allylic oxidation sites excluding steroid dienone is 8. The van der Waals surface area contributed by atoms with Crippen LogP contribution in [0.25, 0.3) is 0 Å². The minimum atomic E-state index is -0.0864. The molecule has 18 heavy (non-hydrogen) atoms. The number of carbonyl (C=O) groups excluding carboxylic acids is 1. The van der Waals surface area contributed by atoms with Gasteiger partial charge < -0.3 is 0 Å². The Balaban J connectivity index is 2.27. The van der Waals surface area contributed by atoms with Crippen LogP contribution in [-0.4, -0.2) is 5.78 Å². The van der Waals surface area contributed by atoms with Crippen molar-refractivity contribution in [2.24, 2.45) is 22.7 Å². The van der Waals surface area contributed by atoms with Crippen molar-refractivity contribution in [1.29, 1.82) is 0 Å². The molecule has 0 amide bonds. The van der Waals surface area contributed by atoms with Crippen LogP contribution >= 0.6 is 0 Å². The van der Waals surface area contributed by atoms with Gasteiger partial charge in [-0.15, -0.1) is 0 Å². The highest BCUT2D eigenvalue weighted by molar-refractivity contribution is 5.89. The molecular formula is C17H22O. The van der Waals surface area contributed by atoms with Gasteiger partial charge in [0, 0.05) is 11.8 Å². The maximum absolute atomic E-state index is 12.8. The van der Waals surface area contributed by atoms with Crippen LogP contribution in [-0.2, 0) is 4.79 Å². The van der Waals surface area contributed by atoms with Crippen LogP contribution in [0.4, 0.5) is 0 Å². The van der Waals surface area contributed by atoms with Crippen LogP contribution in [0.1, 0.15) is 27.7 Å². The van der Waals surface area contributed by atoms with Crippen molar-refractivity contribution < 1.29 is 4.79 Å². The summed E-state index contributed by atoms with van der Waals surface area (Å²) >= 11 is 0. The van der Waals surface area contributed by atoms with Crippen molar-refractivity contribution >= 4 is 5.78 Å². The third-order valence-electron chi connectivity index (χ3n) is 4.10. The Morgan fingerprint density at radius 2 is 1.17 bits per heavy atom. The number of carbonyl (C=O) groups is 1. The Hall–Kier alpha value is -1.37. The minimum Gasteiger partial charge on any atom is -0.298 e. The Morgan fingerprint density at radius 3 is 1.50 bits per heavy atom. The topological polar surface area (TPSA) is 17.1 Å². The lowest BCUT2D eigenvalue weighted by Gasteiger charge is -2.37. The molecule has 96 valence electrons. The molecule has 0 fully saturated rings. The van der Waals surface area contributed by atoms with Crippen LogP contribution in [0.3, 0.4) is 0 Å². The second kappa shape index (κ2) is 4.38. The smallest absolute Gasteiger partial charge is 0.148 e. The van der Waals surface area contributed by atoms with Gasteiger partial charge in [0.05, 0.1) is 0 Å². The number of ketones is 1. The fourth-order valence-corrected chi connectivity index (χ4v) is 2.78. The van der Waals surface area contributed by atoms with Crippen molar-refractivity contribution in [2.45, 2.75) is 27.7 Å². The van der Waals surface area contributed by atoms with Gasteiger partial charge in [-0.3, -0.25) is 4.79 Å². The highest BCUT2D eigenvalue weighted by Gasteiger charge is 2.40. The summed E-state index contributed by atoms with van der Waals surface area (Å²) in [6, 6.07) is 0. The van der Waals surface area contributed by atoms with Crippen molar-refractivity contribution in [1.82, 2.24) is 0 Å². The van der Waals surface area contributed by atoms with Gasteiger partial charge in [0.1, 0.15) is 5.78 Å². The molecule has 0 spiro atoms. The first-order chi connectivity index (χ1) is 8.34. The zero-order valence-electron chi connectivity index (χ0n) is 11.7. The Bertz CT molecular complexity index is 416. The third kappa shape index (κ3) is 2.27. The van der Waals surface area contributed by atoms with Crippen LogP contribution < -0.4 is 0 Å². The fraction of sp³-hybridized carbons (Fsp3) is 0.471. The molecule has 0 bridgehead atoms. The van der Waals surface area contributed by atoms with Crippen molar-refractivity contribution in [3.63, 3.8) is 0 Å². The first-order valence-electron chi connectivity index (χ1n) is 6.60. The zero-order chi connectivity index (χ0) is 13.4. The average molecular weight is 242 g/mol. The van der Waals surface area contributed by atoms with Crippen LogP contribution in [0.5, 0.6) is 0 Å². The van der Waals surface area contributed by atoms with Crippen molar-refractivity contribution in [2.75, 3.05) is 0 Å². The van der Waals surface area contributed by atoms with E-state index in [9.17, 15) is 4.79 Å². The first kappa shape index (κ1) is 13.1. The molecule has 2 unspecified atom stereocenters. The molecule has 2 aliphatic carbocycles. The van der Waals surface area contributed by atoms with Gasteiger partial charge >= 0.3 is 0 Å². The van der Waals surface area contributed by atoms with E-state index < -0.39 is 0 Å². The van der Waals surface area contributed by atoms with E-state index >= 15 is 0 Å². The molecule has 0 N–H and O–H groups in total. The molecule has 0 saturated heterocycles. The average Bonchev–Trinajstić information content (AvgIpc) is 2.27. The summed E-state index contributed by atoms with van der Waals surface area (Å²) in [5.41, 5.74) is -0.173. The van der Waals surface area contributed by atoms with E-state index in [0.29, 0.717) is 5.78 Å². The van der Waals surface area contributed by atoms with E-state index in [4.69, 9.17) is 0 Å². The lowest BCUT2D eigenvalue weighted by atomic mass is 9.65. The van der Waals surface area contributed by atoms with E-state index in [1.54, 1.807) is 0 Å². The van der Waals surface area contributed by atoms with E-state index in [1.807, 2.05) is 36.5 Å². The molecule has 2 aliphatic rings. The number of hydrogen-bond acceptors (Lipinski definition) is 1. The maximum Gasteiger partial charge on any atom is 0.148 e. The molecule has 0 aliphatic heterocycles. The molecule has 0 saturated carbocycles. The van der Waals surface area contributed by atoms with Gasteiger partial charge in [-0.1, -0.05) is 76.3 Å². The number of Topliss-reactive ketones (excluding diaryl/α,β-unsaturated/α-hetero) is 1. The summed E-state index contributed by atoms with van der Waals surface area (Å²) in [5.74, 6) is 0.275. The van der Waals surface area contributed by atoms with Gasteiger partial charge in [0.2, 0.25) is 0 Å². The normalized spacial score (nSPS) is 31.6. The van der Waals surface area contributed by atoms with Crippen molar-refractivity contribution in [3.05, 3.63) is 48.6 Å². The van der Waals surface area contributed by atoms with Gasteiger partial charge in [-0.25, -0.2) is 0 Å². The monoisotopic (exact) mass is 242 g/mol. The molecule has 1 heteroatoms. The van der Waals surface area contributed by atoms with E-state index in [-0.39, 0.29) is 22.7 Å². The largest absolute Gasteiger partial charge is 0.298 e. The van der Waals surface area contributed by atoms with Gasteiger partial charge in [-0.05, 0) is 10.8 Å². The van der Waals surface area contributed by atoms with Crippen LogP contribution in [0.15, 0.2) is 48.6 Å². The molecule has 0 aromatic carbocycles. The van der Waals surface area contributed by atoms with Crippen LogP contribution in [0.2, 0.25) is 0 Å². The Kier molecular flexibility index (Phi) is 3.18. The van der Waals surface area contributed by atoms with E-state index in [2.05, 4.69) is 39.8 Å². The highest BCUT2D eigenvalue weighted by atomic mass is 16.1. The lowest BCUT2D eigenvalue weighted by molar-refractivity contribution is -0.128. The first-order valence-corrected chi connectivity index (χ1v) is 6.60. The molecule has 1 nitrogen and oxygen atoms in total. The molecular weight excluding hydrogens is 220 g/mol. The third-order valence-corrected chi connectivity index (χ3v) is 4.10. The molecule has 0 radical (unpaired) electrons. The SMILES string of the molecule is CC1(C)C=CC=CC1C(=O)C1C=CC=CC1(C)C. The minimum absolute atomic E-state index is 0.0251. The summed E-state index contributed by atoms with van der Waals surface area (Å²) < 4.78 is 0. The molecule has 2 atom stereocenters. The van der Waals surface area contributed by atoms with E-state index in [0.717, 1.165) is 0 Å². The predicted octanol–water partition coefficient (Wildman–Crippen LogP) is 4.09. The summed E-state index contributed by atoms with van der Waals surface area (Å²) in [4.78, 5) is 12.8. The van der Waals surface area contributed by atoms with Crippen LogP contribution in [0, 0.1) is 22.7 Å². The van der Waals surface area contributed by atoms with Gasteiger partial charge in [0.25, 0.3) is 0 Å². The Morgan fingerprint density at radius 1 is 0.778 bits per heavy atom. The van der Waals surface area contributed by atoms with Gasteiger partial charge in [-0.2, -0.15) is 0 Å². The predicted molar refractivity (Wildman–Crippen MR) is 76.1 cm³/mol. The molecule has 2 rings (SSSR count). The van der Waals surface area contributed by atoms with Crippen molar-refractivity contribution in [3.8, 4) is 0 Å². The van der Waals surface area contributed by atoms with Gasteiger partial charge in [0.15, 0.2) is 0 Å². The Labute approximate surface area is 110 Å². The molecule has 0 aromatic heterocycles. The summed E-state index contributed by atoms with van der Waals surface area (Å²) in [5, 5.41) is 0. The number of rotatable bonds is 2. The maximum atomic E-state index is 12.8. The quantitative estimate of drug-likeness (QED) is 0.712. The lowest BCUT2D eigenvalue weighted by Crippen LogP contribution is -2.38. The molecule has 0 heterocycles. The number of hydrogen-bond donors (Lipinski definition) is 0. The summed E-state index contributed by atoms with van der Waals surface area (Å²) in [6.07, 6.45) is 16.4.